The highest BCUT2D eigenvalue weighted by Gasteiger charge is 2.08. The van der Waals surface area contributed by atoms with Crippen molar-refractivity contribution in [3.05, 3.63) is 59.9 Å². The number of rotatable bonds is 6. The summed E-state index contributed by atoms with van der Waals surface area (Å²) in [6.45, 7) is 2.07. The molecule has 2 aromatic carbocycles. The van der Waals surface area contributed by atoms with E-state index in [1.807, 2.05) is 30.3 Å². The van der Waals surface area contributed by atoms with Gasteiger partial charge in [0.25, 0.3) is 0 Å². The first-order chi connectivity index (χ1) is 12.1. The van der Waals surface area contributed by atoms with Crippen LogP contribution >= 0.6 is 11.8 Å². The van der Waals surface area contributed by atoms with Crippen molar-refractivity contribution in [1.82, 2.24) is 15.0 Å². The van der Waals surface area contributed by atoms with Gasteiger partial charge in [-0.3, -0.25) is 0 Å². The molecule has 6 nitrogen and oxygen atoms in total. The minimum atomic E-state index is 0.187. The summed E-state index contributed by atoms with van der Waals surface area (Å²) in [7, 11) is 1.62. The van der Waals surface area contributed by atoms with Crippen LogP contribution in [0.2, 0.25) is 0 Å². The Hall–Kier alpha value is -2.80. The summed E-state index contributed by atoms with van der Waals surface area (Å²) in [6, 6.07) is 15.9. The molecule has 0 atom stereocenters. The lowest BCUT2D eigenvalue weighted by molar-refractivity contribution is 0.417. The molecule has 3 aromatic rings. The SMILES string of the molecule is COc1ccccc1Nc1nc(N)nc(CSc2cccc(C)c2)n1. The minimum absolute atomic E-state index is 0.187. The molecule has 0 amide bonds. The van der Waals surface area contributed by atoms with Crippen LogP contribution < -0.4 is 15.8 Å². The van der Waals surface area contributed by atoms with Gasteiger partial charge in [-0.1, -0.05) is 29.8 Å². The van der Waals surface area contributed by atoms with Crippen molar-refractivity contribution in [3.63, 3.8) is 0 Å². The van der Waals surface area contributed by atoms with Gasteiger partial charge in [0.2, 0.25) is 11.9 Å². The number of thioether (sulfide) groups is 1. The summed E-state index contributed by atoms with van der Waals surface area (Å²) >= 11 is 1.66. The number of hydrogen-bond acceptors (Lipinski definition) is 7. The Morgan fingerprint density at radius 3 is 2.72 bits per heavy atom. The van der Waals surface area contributed by atoms with E-state index in [4.69, 9.17) is 10.5 Å². The van der Waals surface area contributed by atoms with Gasteiger partial charge >= 0.3 is 0 Å². The molecular weight excluding hydrogens is 334 g/mol. The van der Waals surface area contributed by atoms with Gasteiger partial charge in [-0.05, 0) is 31.2 Å². The molecule has 0 bridgehead atoms. The molecule has 0 fully saturated rings. The van der Waals surface area contributed by atoms with E-state index in [-0.39, 0.29) is 5.95 Å². The molecule has 0 saturated carbocycles. The van der Waals surface area contributed by atoms with Crippen molar-refractivity contribution in [2.24, 2.45) is 0 Å². The third-order valence-electron chi connectivity index (χ3n) is 3.41. The molecule has 7 heteroatoms. The second-order valence-electron chi connectivity index (χ2n) is 5.36. The van der Waals surface area contributed by atoms with Crippen molar-refractivity contribution >= 4 is 29.3 Å². The van der Waals surface area contributed by atoms with E-state index in [1.54, 1.807) is 18.9 Å². The fourth-order valence-corrected chi connectivity index (χ4v) is 3.15. The molecule has 3 N–H and O–H groups in total. The molecule has 25 heavy (non-hydrogen) atoms. The maximum absolute atomic E-state index is 5.83. The van der Waals surface area contributed by atoms with Crippen LogP contribution in [-0.4, -0.2) is 22.1 Å². The van der Waals surface area contributed by atoms with Crippen molar-refractivity contribution < 1.29 is 4.74 Å². The molecule has 1 heterocycles. The van der Waals surface area contributed by atoms with Gasteiger partial charge in [0.1, 0.15) is 11.6 Å². The molecule has 0 aliphatic heterocycles. The Balaban J connectivity index is 1.76. The third kappa shape index (κ3) is 4.60. The number of ether oxygens (including phenoxy) is 1. The number of aromatic nitrogens is 3. The Labute approximate surface area is 150 Å². The van der Waals surface area contributed by atoms with Crippen LogP contribution in [0.1, 0.15) is 11.4 Å². The summed E-state index contributed by atoms with van der Waals surface area (Å²) in [5.74, 6) is 2.52. The van der Waals surface area contributed by atoms with Gasteiger partial charge in [-0.2, -0.15) is 15.0 Å². The number of aryl methyl sites for hydroxylation is 1. The molecule has 128 valence electrons. The van der Waals surface area contributed by atoms with Gasteiger partial charge in [-0.25, -0.2) is 0 Å². The van der Waals surface area contributed by atoms with Crippen LogP contribution in [0.15, 0.2) is 53.4 Å². The quantitative estimate of drug-likeness (QED) is 0.652. The fraction of sp³-hybridized carbons (Fsp3) is 0.167. The average Bonchev–Trinajstić information content (AvgIpc) is 2.60. The monoisotopic (exact) mass is 353 g/mol. The second kappa shape index (κ2) is 7.85. The van der Waals surface area contributed by atoms with Crippen LogP contribution in [0.4, 0.5) is 17.6 Å². The number of hydrogen-bond donors (Lipinski definition) is 2. The number of nitrogens with one attached hydrogen (secondary N) is 1. The van der Waals surface area contributed by atoms with Crippen molar-refractivity contribution in [1.29, 1.82) is 0 Å². The number of nitrogens with two attached hydrogens (primary N) is 1. The first-order valence-corrected chi connectivity index (χ1v) is 8.72. The van der Waals surface area contributed by atoms with E-state index in [0.29, 0.717) is 23.3 Å². The van der Waals surface area contributed by atoms with E-state index >= 15 is 0 Å². The van der Waals surface area contributed by atoms with E-state index < -0.39 is 0 Å². The highest BCUT2D eigenvalue weighted by molar-refractivity contribution is 7.98. The standard InChI is InChI=1S/C18H19N5OS/c1-12-6-5-7-13(10-12)25-11-16-21-17(19)23-18(22-16)20-14-8-3-4-9-15(14)24-2/h3-10H,11H2,1-2H3,(H3,19,20,21,22,23). The molecule has 0 aliphatic carbocycles. The van der Waals surface area contributed by atoms with Crippen LogP contribution in [0.25, 0.3) is 0 Å². The van der Waals surface area contributed by atoms with Crippen LogP contribution in [0.3, 0.4) is 0 Å². The number of para-hydroxylation sites is 2. The predicted octanol–water partition coefficient (Wildman–Crippen LogP) is 3.81. The van der Waals surface area contributed by atoms with E-state index in [1.165, 1.54) is 10.5 Å². The van der Waals surface area contributed by atoms with Crippen LogP contribution in [-0.2, 0) is 5.75 Å². The number of anilines is 3. The second-order valence-corrected chi connectivity index (χ2v) is 6.41. The summed E-state index contributed by atoms with van der Waals surface area (Å²) in [5.41, 5.74) is 7.83. The Morgan fingerprint density at radius 1 is 1.08 bits per heavy atom. The fourth-order valence-electron chi connectivity index (χ4n) is 2.28. The van der Waals surface area contributed by atoms with Crippen LogP contribution in [0, 0.1) is 6.92 Å². The number of methoxy groups -OCH3 is 1. The topological polar surface area (TPSA) is 86.0 Å². The van der Waals surface area contributed by atoms with E-state index in [9.17, 15) is 0 Å². The normalized spacial score (nSPS) is 10.5. The number of benzene rings is 2. The van der Waals surface area contributed by atoms with E-state index in [2.05, 4.69) is 45.4 Å². The van der Waals surface area contributed by atoms with Gasteiger partial charge in [-0.15, -0.1) is 11.8 Å². The smallest absolute Gasteiger partial charge is 0.232 e. The van der Waals surface area contributed by atoms with Gasteiger partial charge in [0, 0.05) is 4.90 Å². The molecule has 0 radical (unpaired) electrons. The Kier molecular flexibility index (Phi) is 5.35. The predicted molar refractivity (Wildman–Crippen MR) is 101 cm³/mol. The maximum Gasteiger partial charge on any atom is 0.232 e. The lowest BCUT2D eigenvalue weighted by Gasteiger charge is -2.10. The van der Waals surface area contributed by atoms with E-state index in [0.717, 1.165) is 5.69 Å². The summed E-state index contributed by atoms with van der Waals surface area (Å²) in [6.07, 6.45) is 0. The maximum atomic E-state index is 5.83. The minimum Gasteiger partial charge on any atom is -0.495 e. The lowest BCUT2D eigenvalue weighted by atomic mass is 10.2. The summed E-state index contributed by atoms with van der Waals surface area (Å²) in [5, 5.41) is 3.14. The highest BCUT2D eigenvalue weighted by atomic mass is 32.2. The summed E-state index contributed by atoms with van der Waals surface area (Å²) in [4.78, 5) is 14.0. The number of nitrogen functional groups attached to an aromatic ring is 1. The molecule has 3 rings (SSSR count). The van der Waals surface area contributed by atoms with Gasteiger partial charge in [0.15, 0.2) is 0 Å². The molecule has 0 aliphatic rings. The Bertz CT molecular complexity index is 872. The van der Waals surface area contributed by atoms with Crippen molar-refractivity contribution in [2.45, 2.75) is 17.6 Å². The molecule has 0 spiro atoms. The molecule has 0 unspecified atom stereocenters. The first-order valence-electron chi connectivity index (χ1n) is 7.74. The molecule has 1 aromatic heterocycles. The summed E-state index contributed by atoms with van der Waals surface area (Å²) < 4.78 is 5.33. The molecular formula is C18H19N5OS. The third-order valence-corrected chi connectivity index (χ3v) is 4.40. The zero-order valence-electron chi connectivity index (χ0n) is 14.1. The average molecular weight is 353 g/mol. The Morgan fingerprint density at radius 2 is 1.92 bits per heavy atom. The highest BCUT2D eigenvalue weighted by Crippen LogP contribution is 2.26. The lowest BCUT2D eigenvalue weighted by Crippen LogP contribution is -2.07. The molecule has 0 saturated heterocycles. The first kappa shape index (κ1) is 17.0. The largest absolute Gasteiger partial charge is 0.495 e. The zero-order chi connectivity index (χ0) is 17.6. The van der Waals surface area contributed by atoms with Crippen molar-refractivity contribution in [3.8, 4) is 5.75 Å². The van der Waals surface area contributed by atoms with Crippen molar-refractivity contribution in [2.75, 3.05) is 18.2 Å². The van der Waals surface area contributed by atoms with Crippen LogP contribution in [0.5, 0.6) is 5.75 Å². The zero-order valence-corrected chi connectivity index (χ0v) is 14.9. The van der Waals surface area contributed by atoms with Gasteiger partial charge < -0.3 is 15.8 Å². The van der Waals surface area contributed by atoms with Gasteiger partial charge in [0.05, 0.1) is 18.6 Å². The number of nitrogens with zero attached hydrogens (tertiary/aromatic N) is 3.